The molecule has 2 amide bonds. The van der Waals surface area contributed by atoms with Crippen LogP contribution in [-0.4, -0.2) is 18.1 Å². The zero-order valence-electron chi connectivity index (χ0n) is 8.45. The number of nitrogens with one attached hydrogen (secondary N) is 1. The number of amides is 2. The maximum absolute atomic E-state index is 11.3. The Kier molecular flexibility index (Phi) is 3.38. The number of hydrogen-bond donors (Lipinski definition) is 1. The quantitative estimate of drug-likeness (QED) is 0.527. The molecule has 0 bridgehead atoms. The molecule has 1 aliphatic heterocycles. The number of imide groups is 1. The van der Waals surface area contributed by atoms with Crippen LogP contribution < -0.4 is 5.32 Å². The zero-order valence-corrected chi connectivity index (χ0v) is 8.45. The molecule has 14 heavy (non-hydrogen) atoms. The molecular formula is C10H15NO3. The lowest BCUT2D eigenvalue weighted by atomic mass is 9.87. The van der Waals surface area contributed by atoms with Crippen molar-refractivity contribution in [3.05, 3.63) is 0 Å². The second-order valence-corrected chi connectivity index (χ2v) is 3.99. The van der Waals surface area contributed by atoms with E-state index in [1.807, 2.05) is 6.92 Å². The van der Waals surface area contributed by atoms with Crippen LogP contribution in [0.1, 0.15) is 26.7 Å². The first kappa shape index (κ1) is 10.9. The van der Waals surface area contributed by atoms with Gasteiger partial charge in [0.05, 0.1) is 0 Å². The Balaban J connectivity index is 2.55. The van der Waals surface area contributed by atoms with E-state index in [4.69, 9.17) is 0 Å². The van der Waals surface area contributed by atoms with Crippen LogP contribution in [0, 0.1) is 17.8 Å². The summed E-state index contributed by atoms with van der Waals surface area (Å²) in [5.41, 5.74) is 0. The maximum atomic E-state index is 11.3. The van der Waals surface area contributed by atoms with Crippen LogP contribution in [0.4, 0.5) is 0 Å². The normalized spacial score (nSPS) is 28.7. The molecule has 1 rings (SSSR count). The third-order valence-electron chi connectivity index (χ3n) is 2.76. The largest absolute Gasteiger partial charge is 0.303 e. The molecule has 0 aromatic heterocycles. The average Bonchev–Trinajstić information content (AvgIpc) is 2.33. The lowest BCUT2D eigenvalue weighted by Gasteiger charge is -2.14. The standard InChI is InChI=1S/C10H15NO3/c1-6(3-4-12)5-8-7(2)9(13)11-10(8)14/h4,6-8H,3,5H2,1-2H3,(H,11,13,14)/t6?,7?,8-/m0/s1. The van der Waals surface area contributed by atoms with Crippen molar-refractivity contribution < 1.29 is 14.4 Å². The Hall–Kier alpha value is -1.19. The lowest BCUT2D eigenvalue weighted by Crippen LogP contribution is -2.22. The predicted molar refractivity (Wildman–Crippen MR) is 50.3 cm³/mol. The summed E-state index contributed by atoms with van der Waals surface area (Å²) in [7, 11) is 0. The second kappa shape index (κ2) is 4.35. The van der Waals surface area contributed by atoms with Crippen molar-refractivity contribution in [2.75, 3.05) is 0 Å². The first-order valence-electron chi connectivity index (χ1n) is 4.84. The Morgan fingerprint density at radius 1 is 1.43 bits per heavy atom. The summed E-state index contributed by atoms with van der Waals surface area (Å²) in [4.78, 5) is 32.7. The van der Waals surface area contributed by atoms with Gasteiger partial charge in [0.15, 0.2) is 0 Å². The Bertz CT molecular complexity index is 262. The smallest absolute Gasteiger partial charge is 0.230 e. The molecule has 4 heteroatoms. The van der Waals surface area contributed by atoms with Crippen LogP contribution in [-0.2, 0) is 14.4 Å². The van der Waals surface area contributed by atoms with Crippen molar-refractivity contribution in [2.24, 2.45) is 17.8 Å². The molecule has 3 atom stereocenters. The van der Waals surface area contributed by atoms with Crippen molar-refractivity contribution in [3.63, 3.8) is 0 Å². The fourth-order valence-electron chi connectivity index (χ4n) is 1.74. The number of rotatable bonds is 4. The molecule has 4 nitrogen and oxygen atoms in total. The molecule has 1 aliphatic rings. The highest BCUT2D eigenvalue weighted by Crippen LogP contribution is 2.26. The van der Waals surface area contributed by atoms with Gasteiger partial charge in [-0.05, 0) is 12.3 Å². The average molecular weight is 197 g/mol. The van der Waals surface area contributed by atoms with E-state index >= 15 is 0 Å². The SMILES string of the molecule is CC(CC=O)C[C@@H]1C(=O)NC(=O)C1C. The molecule has 0 aliphatic carbocycles. The van der Waals surface area contributed by atoms with Gasteiger partial charge in [0.25, 0.3) is 0 Å². The van der Waals surface area contributed by atoms with E-state index in [0.29, 0.717) is 12.8 Å². The first-order chi connectivity index (χ1) is 6.56. The molecule has 1 fully saturated rings. The summed E-state index contributed by atoms with van der Waals surface area (Å²) in [5, 5.41) is 2.30. The van der Waals surface area contributed by atoms with Gasteiger partial charge in [-0.2, -0.15) is 0 Å². The van der Waals surface area contributed by atoms with Gasteiger partial charge in [-0.25, -0.2) is 0 Å². The van der Waals surface area contributed by atoms with Crippen LogP contribution in [0.25, 0.3) is 0 Å². The van der Waals surface area contributed by atoms with Gasteiger partial charge >= 0.3 is 0 Å². The molecular weight excluding hydrogens is 182 g/mol. The molecule has 1 N–H and O–H groups in total. The van der Waals surface area contributed by atoms with Crippen LogP contribution in [0.3, 0.4) is 0 Å². The molecule has 2 unspecified atom stereocenters. The Morgan fingerprint density at radius 3 is 2.50 bits per heavy atom. The van der Waals surface area contributed by atoms with Crippen molar-refractivity contribution in [1.82, 2.24) is 5.32 Å². The monoisotopic (exact) mass is 197 g/mol. The zero-order chi connectivity index (χ0) is 10.7. The van der Waals surface area contributed by atoms with Crippen molar-refractivity contribution in [3.8, 4) is 0 Å². The van der Waals surface area contributed by atoms with Gasteiger partial charge in [-0.15, -0.1) is 0 Å². The molecule has 0 radical (unpaired) electrons. The third kappa shape index (κ3) is 2.19. The van der Waals surface area contributed by atoms with Crippen molar-refractivity contribution in [2.45, 2.75) is 26.7 Å². The second-order valence-electron chi connectivity index (χ2n) is 3.99. The number of carbonyl (C=O) groups is 3. The highest BCUT2D eigenvalue weighted by molar-refractivity contribution is 6.04. The number of hydrogen-bond acceptors (Lipinski definition) is 3. The van der Waals surface area contributed by atoms with Crippen LogP contribution in [0.15, 0.2) is 0 Å². The van der Waals surface area contributed by atoms with E-state index in [-0.39, 0.29) is 29.6 Å². The summed E-state index contributed by atoms with van der Waals surface area (Å²) in [6.07, 6.45) is 1.91. The maximum Gasteiger partial charge on any atom is 0.230 e. The number of carbonyl (C=O) groups excluding carboxylic acids is 3. The number of aldehydes is 1. The van der Waals surface area contributed by atoms with E-state index in [0.717, 1.165) is 6.29 Å². The summed E-state index contributed by atoms with van der Waals surface area (Å²) in [6.45, 7) is 3.66. The molecule has 1 saturated heterocycles. The molecule has 0 aromatic carbocycles. The van der Waals surface area contributed by atoms with Crippen LogP contribution >= 0.6 is 0 Å². The predicted octanol–water partition coefficient (Wildman–Crippen LogP) is 0.510. The molecule has 1 heterocycles. The first-order valence-corrected chi connectivity index (χ1v) is 4.84. The van der Waals surface area contributed by atoms with E-state index < -0.39 is 0 Å². The van der Waals surface area contributed by atoms with Gasteiger partial charge < -0.3 is 4.79 Å². The van der Waals surface area contributed by atoms with Gasteiger partial charge in [0, 0.05) is 18.3 Å². The van der Waals surface area contributed by atoms with Gasteiger partial charge in [-0.1, -0.05) is 13.8 Å². The highest BCUT2D eigenvalue weighted by Gasteiger charge is 2.38. The molecule has 0 saturated carbocycles. The minimum absolute atomic E-state index is 0.164. The van der Waals surface area contributed by atoms with Crippen molar-refractivity contribution in [1.29, 1.82) is 0 Å². The van der Waals surface area contributed by atoms with Crippen LogP contribution in [0.5, 0.6) is 0 Å². The summed E-state index contributed by atoms with van der Waals surface area (Å²) >= 11 is 0. The van der Waals surface area contributed by atoms with E-state index in [2.05, 4.69) is 5.32 Å². The molecule has 78 valence electrons. The van der Waals surface area contributed by atoms with Gasteiger partial charge in [-0.3, -0.25) is 14.9 Å². The minimum Gasteiger partial charge on any atom is -0.303 e. The fraction of sp³-hybridized carbons (Fsp3) is 0.700. The minimum atomic E-state index is -0.253. The topological polar surface area (TPSA) is 63.2 Å². The van der Waals surface area contributed by atoms with Gasteiger partial charge in [0.2, 0.25) is 11.8 Å². The molecule has 0 spiro atoms. The van der Waals surface area contributed by atoms with E-state index in [9.17, 15) is 14.4 Å². The lowest BCUT2D eigenvalue weighted by molar-refractivity contribution is -0.126. The molecule has 0 aromatic rings. The van der Waals surface area contributed by atoms with E-state index in [1.165, 1.54) is 0 Å². The summed E-state index contributed by atoms with van der Waals surface area (Å²) in [6, 6.07) is 0. The Morgan fingerprint density at radius 2 is 2.07 bits per heavy atom. The summed E-state index contributed by atoms with van der Waals surface area (Å²) < 4.78 is 0. The van der Waals surface area contributed by atoms with Crippen LogP contribution in [0.2, 0.25) is 0 Å². The highest BCUT2D eigenvalue weighted by atomic mass is 16.2. The Labute approximate surface area is 83.1 Å². The third-order valence-corrected chi connectivity index (χ3v) is 2.76. The van der Waals surface area contributed by atoms with Gasteiger partial charge in [0.1, 0.15) is 6.29 Å². The summed E-state index contributed by atoms with van der Waals surface area (Å²) in [5.74, 6) is -0.732. The van der Waals surface area contributed by atoms with Crippen molar-refractivity contribution >= 4 is 18.1 Å². The van der Waals surface area contributed by atoms with E-state index in [1.54, 1.807) is 6.92 Å². The fourth-order valence-corrected chi connectivity index (χ4v) is 1.74.